The van der Waals surface area contributed by atoms with Crippen molar-refractivity contribution in [1.29, 1.82) is 0 Å². The molecule has 0 aliphatic heterocycles. The molecule has 110 valence electrons. The first-order chi connectivity index (χ1) is 10.7. The molecule has 1 aromatic heterocycles. The predicted molar refractivity (Wildman–Crippen MR) is 77.3 cm³/mol. The largest absolute Gasteiger partial charge is 0.343 e. The van der Waals surface area contributed by atoms with E-state index < -0.39 is 4.92 Å². The van der Waals surface area contributed by atoms with Gasteiger partial charge in [0.15, 0.2) is 12.1 Å². The van der Waals surface area contributed by atoms with Gasteiger partial charge in [-0.25, -0.2) is 4.98 Å². The molecule has 3 aromatic rings. The van der Waals surface area contributed by atoms with E-state index in [0.29, 0.717) is 11.1 Å². The predicted octanol–water partition coefficient (Wildman–Crippen LogP) is 2.90. The molecule has 0 fully saturated rings. The maximum atomic E-state index is 12.0. The highest BCUT2D eigenvalue weighted by atomic mass is 16.6. The van der Waals surface area contributed by atoms with Crippen LogP contribution in [-0.4, -0.2) is 20.8 Å². The molecule has 0 radical (unpaired) electrons. The minimum absolute atomic E-state index is 0.0189. The first-order valence-corrected chi connectivity index (χ1v) is 6.22. The van der Waals surface area contributed by atoms with Crippen LogP contribution in [0.4, 0.5) is 5.69 Å². The van der Waals surface area contributed by atoms with E-state index in [0.717, 1.165) is 0 Å². The van der Waals surface area contributed by atoms with E-state index in [1.807, 2.05) is 6.07 Å². The summed E-state index contributed by atoms with van der Waals surface area (Å²) in [5, 5.41) is 13.7. The van der Waals surface area contributed by atoms with Crippen molar-refractivity contribution in [3.63, 3.8) is 0 Å². The minimum atomic E-state index is -0.489. The number of hydrogen-bond acceptors (Lipinski definition) is 6. The Morgan fingerprint density at radius 3 is 2.09 bits per heavy atom. The molecular weight excluding hydrogens is 286 g/mol. The lowest BCUT2D eigenvalue weighted by Crippen LogP contribution is -2.00. The number of carbonyl (C=O) groups is 1. The van der Waals surface area contributed by atoms with Gasteiger partial charge in [0.05, 0.1) is 4.92 Å². The Labute approximate surface area is 125 Å². The maximum absolute atomic E-state index is 12.0. The summed E-state index contributed by atoms with van der Waals surface area (Å²) in [6.07, 6.45) is 2.60. The van der Waals surface area contributed by atoms with Crippen LogP contribution in [-0.2, 0) is 0 Å². The van der Waals surface area contributed by atoms with Gasteiger partial charge in [-0.2, -0.15) is 0 Å². The number of carbonyl (C=O) groups excluding carboxylic acids is 1. The number of benzene rings is 2. The van der Waals surface area contributed by atoms with Gasteiger partial charge in [-0.05, 0) is 12.1 Å². The molecule has 0 aliphatic rings. The Hall–Kier alpha value is -3.35. The third-order valence-corrected chi connectivity index (χ3v) is 2.66. The van der Waals surface area contributed by atoms with Gasteiger partial charge in [0, 0.05) is 23.3 Å². The summed E-state index contributed by atoms with van der Waals surface area (Å²) in [6, 6.07) is 14.4. The summed E-state index contributed by atoms with van der Waals surface area (Å²) in [6.45, 7) is 0. The van der Waals surface area contributed by atoms with E-state index in [1.165, 1.54) is 37.0 Å². The van der Waals surface area contributed by atoms with E-state index >= 15 is 0 Å². The molecule has 2 aromatic carbocycles. The fourth-order valence-electron chi connectivity index (χ4n) is 1.63. The van der Waals surface area contributed by atoms with Crippen LogP contribution in [0, 0.1) is 10.1 Å². The van der Waals surface area contributed by atoms with E-state index in [-0.39, 0.29) is 11.5 Å². The van der Waals surface area contributed by atoms with Crippen molar-refractivity contribution in [1.82, 2.24) is 10.1 Å². The van der Waals surface area contributed by atoms with Crippen molar-refractivity contribution in [2.75, 3.05) is 0 Å². The number of nitro benzene ring substituents is 1. The zero-order valence-corrected chi connectivity index (χ0v) is 11.3. The first kappa shape index (κ1) is 15.0. The standard InChI is InChI=1S/C13H9NO3.C2H2N2O/c15-13(10-4-2-1-3-5-10)11-6-8-12(9-7-11)14(16)17;1-3-2-5-4-1/h1-9H;1-2H. The molecule has 7 heteroatoms. The third-order valence-electron chi connectivity index (χ3n) is 2.66. The fraction of sp³-hybridized carbons (Fsp3) is 0. The lowest BCUT2D eigenvalue weighted by atomic mass is 10.0. The molecule has 0 N–H and O–H groups in total. The zero-order chi connectivity index (χ0) is 15.8. The zero-order valence-electron chi connectivity index (χ0n) is 11.3. The van der Waals surface area contributed by atoms with E-state index in [4.69, 9.17) is 0 Å². The average molecular weight is 297 g/mol. The van der Waals surface area contributed by atoms with Crippen LogP contribution in [0.15, 0.2) is 71.8 Å². The number of nitrogens with zero attached hydrogens (tertiary/aromatic N) is 3. The summed E-state index contributed by atoms with van der Waals surface area (Å²) < 4.78 is 4.22. The Morgan fingerprint density at radius 1 is 1.00 bits per heavy atom. The van der Waals surface area contributed by atoms with E-state index in [9.17, 15) is 14.9 Å². The van der Waals surface area contributed by atoms with Gasteiger partial charge >= 0.3 is 0 Å². The van der Waals surface area contributed by atoms with E-state index in [2.05, 4.69) is 14.7 Å². The number of aromatic nitrogens is 2. The molecule has 0 unspecified atom stereocenters. The lowest BCUT2D eigenvalue weighted by molar-refractivity contribution is -0.384. The molecule has 22 heavy (non-hydrogen) atoms. The first-order valence-electron chi connectivity index (χ1n) is 6.22. The topological polar surface area (TPSA) is 99.1 Å². The van der Waals surface area contributed by atoms with Gasteiger partial charge in [0.2, 0.25) is 6.39 Å². The summed E-state index contributed by atoms with van der Waals surface area (Å²) in [5.41, 5.74) is 0.998. The highest BCUT2D eigenvalue weighted by molar-refractivity contribution is 6.09. The molecule has 1 heterocycles. The van der Waals surface area contributed by atoms with Crippen LogP contribution in [0.3, 0.4) is 0 Å². The molecule has 0 bridgehead atoms. The number of ketones is 1. The molecule has 0 spiro atoms. The maximum Gasteiger partial charge on any atom is 0.269 e. The number of hydrogen-bond donors (Lipinski definition) is 0. The Morgan fingerprint density at radius 2 is 1.64 bits per heavy atom. The molecule has 0 aliphatic carbocycles. The third kappa shape index (κ3) is 4.07. The van der Waals surface area contributed by atoms with E-state index in [1.54, 1.807) is 24.3 Å². The quantitative estimate of drug-likeness (QED) is 0.418. The van der Waals surface area contributed by atoms with Crippen LogP contribution in [0.1, 0.15) is 15.9 Å². The lowest BCUT2D eigenvalue weighted by Gasteiger charge is -2.00. The van der Waals surface area contributed by atoms with Gasteiger partial charge in [-0.1, -0.05) is 35.5 Å². The second-order valence-corrected chi connectivity index (χ2v) is 4.08. The number of non-ortho nitro benzene ring substituents is 1. The van der Waals surface area contributed by atoms with Gasteiger partial charge in [0.1, 0.15) is 0 Å². The summed E-state index contributed by atoms with van der Waals surface area (Å²) in [4.78, 5) is 25.4. The highest BCUT2D eigenvalue weighted by Gasteiger charge is 2.10. The van der Waals surface area contributed by atoms with Crippen LogP contribution in [0.2, 0.25) is 0 Å². The van der Waals surface area contributed by atoms with Crippen LogP contribution in [0.25, 0.3) is 0 Å². The summed E-state index contributed by atoms with van der Waals surface area (Å²) in [7, 11) is 0. The Bertz CT molecular complexity index is 708. The minimum Gasteiger partial charge on any atom is -0.343 e. The average Bonchev–Trinajstić information content (AvgIpc) is 3.15. The highest BCUT2D eigenvalue weighted by Crippen LogP contribution is 2.15. The SMILES string of the molecule is O=C(c1ccccc1)c1ccc([N+](=O)[O-])cc1.c1ncon1. The second kappa shape index (κ2) is 7.44. The van der Waals surface area contributed by atoms with Crippen molar-refractivity contribution in [3.05, 3.63) is 88.6 Å². The van der Waals surface area contributed by atoms with Gasteiger partial charge in [-0.15, -0.1) is 0 Å². The van der Waals surface area contributed by atoms with Crippen molar-refractivity contribution >= 4 is 11.5 Å². The van der Waals surface area contributed by atoms with Crippen molar-refractivity contribution in [2.24, 2.45) is 0 Å². The molecule has 3 rings (SSSR count). The van der Waals surface area contributed by atoms with Crippen LogP contribution in [0.5, 0.6) is 0 Å². The number of nitro groups is 1. The molecule has 0 amide bonds. The molecular formula is C15H11N3O4. The normalized spacial score (nSPS) is 9.45. The molecule has 7 nitrogen and oxygen atoms in total. The molecule has 0 atom stereocenters. The van der Waals surface area contributed by atoms with Crippen molar-refractivity contribution < 1.29 is 14.2 Å². The summed E-state index contributed by atoms with van der Waals surface area (Å²) in [5.74, 6) is -0.138. The Kier molecular flexibility index (Phi) is 5.09. The van der Waals surface area contributed by atoms with Crippen LogP contribution >= 0.6 is 0 Å². The van der Waals surface area contributed by atoms with Crippen molar-refractivity contribution in [2.45, 2.75) is 0 Å². The van der Waals surface area contributed by atoms with Gasteiger partial charge in [0.25, 0.3) is 5.69 Å². The van der Waals surface area contributed by atoms with Crippen LogP contribution < -0.4 is 0 Å². The van der Waals surface area contributed by atoms with Gasteiger partial charge in [-0.3, -0.25) is 14.9 Å². The molecule has 0 saturated heterocycles. The molecule has 0 saturated carbocycles. The summed E-state index contributed by atoms with van der Waals surface area (Å²) >= 11 is 0. The smallest absolute Gasteiger partial charge is 0.269 e. The van der Waals surface area contributed by atoms with Gasteiger partial charge < -0.3 is 4.52 Å². The number of rotatable bonds is 3. The van der Waals surface area contributed by atoms with Crippen molar-refractivity contribution in [3.8, 4) is 0 Å². The Balaban J connectivity index is 0.000000299. The fourth-order valence-corrected chi connectivity index (χ4v) is 1.63. The second-order valence-electron chi connectivity index (χ2n) is 4.08. The monoisotopic (exact) mass is 297 g/mol.